The number of hydrogen-bond acceptors (Lipinski definition) is 3. The highest BCUT2D eigenvalue weighted by Crippen LogP contribution is 2.29. The fraction of sp³-hybridized carbons (Fsp3) is 0.250. The lowest BCUT2D eigenvalue weighted by Gasteiger charge is -2.14. The van der Waals surface area contributed by atoms with E-state index in [4.69, 9.17) is 15.2 Å². The SMILES string of the molecule is NCc1ccc(OCC(F)F)c(OCc2ccccc2)c1. The number of hydrogen-bond donors (Lipinski definition) is 1. The molecule has 0 aliphatic heterocycles. The zero-order valence-electron chi connectivity index (χ0n) is 11.5. The number of nitrogens with two attached hydrogens (primary N) is 1. The van der Waals surface area contributed by atoms with E-state index in [2.05, 4.69) is 0 Å². The van der Waals surface area contributed by atoms with Crippen LogP contribution in [0.15, 0.2) is 48.5 Å². The highest BCUT2D eigenvalue weighted by atomic mass is 19.3. The molecule has 0 aromatic heterocycles. The Morgan fingerprint density at radius 2 is 1.67 bits per heavy atom. The van der Waals surface area contributed by atoms with Crippen molar-refractivity contribution < 1.29 is 18.3 Å². The van der Waals surface area contributed by atoms with E-state index >= 15 is 0 Å². The molecule has 112 valence electrons. The van der Waals surface area contributed by atoms with Crippen molar-refractivity contribution in [1.29, 1.82) is 0 Å². The molecule has 0 saturated heterocycles. The van der Waals surface area contributed by atoms with E-state index in [0.717, 1.165) is 11.1 Å². The molecule has 0 atom stereocenters. The van der Waals surface area contributed by atoms with Crippen LogP contribution in [0.5, 0.6) is 11.5 Å². The van der Waals surface area contributed by atoms with E-state index in [9.17, 15) is 8.78 Å². The van der Waals surface area contributed by atoms with Gasteiger partial charge in [-0.3, -0.25) is 0 Å². The van der Waals surface area contributed by atoms with Gasteiger partial charge in [-0.05, 0) is 23.3 Å². The maximum Gasteiger partial charge on any atom is 0.272 e. The number of alkyl halides is 2. The normalized spacial score (nSPS) is 10.7. The van der Waals surface area contributed by atoms with Crippen molar-refractivity contribution in [2.45, 2.75) is 19.6 Å². The van der Waals surface area contributed by atoms with Gasteiger partial charge in [-0.25, -0.2) is 8.78 Å². The summed E-state index contributed by atoms with van der Waals surface area (Å²) in [5.74, 6) is 0.714. The van der Waals surface area contributed by atoms with E-state index in [1.807, 2.05) is 30.3 Å². The molecular weight excluding hydrogens is 276 g/mol. The van der Waals surface area contributed by atoms with Crippen LogP contribution in [0.4, 0.5) is 8.78 Å². The van der Waals surface area contributed by atoms with Gasteiger partial charge in [0.05, 0.1) is 0 Å². The Labute approximate surface area is 122 Å². The van der Waals surface area contributed by atoms with Crippen molar-refractivity contribution in [2.24, 2.45) is 5.73 Å². The van der Waals surface area contributed by atoms with Crippen molar-refractivity contribution in [3.05, 3.63) is 59.7 Å². The molecule has 0 unspecified atom stereocenters. The van der Waals surface area contributed by atoms with Gasteiger partial charge < -0.3 is 15.2 Å². The molecule has 0 fully saturated rings. The van der Waals surface area contributed by atoms with E-state index in [1.165, 1.54) is 0 Å². The molecule has 2 N–H and O–H groups in total. The van der Waals surface area contributed by atoms with E-state index in [-0.39, 0.29) is 0 Å². The van der Waals surface area contributed by atoms with Gasteiger partial charge in [0.1, 0.15) is 13.2 Å². The highest BCUT2D eigenvalue weighted by Gasteiger charge is 2.10. The minimum Gasteiger partial charge on any atom is -0.485 e. The molecule has 2 aromatic carbocycles. The van der Waals surface area contributed by atoms with Gasteiger partial charge in [0.15, 0.2) is 11.5 Å². The topological polar surface area (TPSA) is 44.5 Å². The van der Waals surface area contributed by atoms with Gasteiger partial charge in [-0.15, -0.1) is 0 Å². The molecule has 0 saturated carbocycles. The van der Waals surface area contributed by atoms with Crippen molar-refractivity contribution in [3.63, 3.8) is 0 Å². The van der Waals surface area contributed by atoms with Crippen molar-refractivity contribution in [2.75, 3.05) is 6.61 Å². The summed E-state index contributed by atoms with van der Waals surface area (Å²) in [7, 11) is 0. The lowest BCUT2D eigenvalue weighted by atomic mass is 10.2. The fourth-order valence-corrected chi connectivity index (χ4v) is 1.80. The third kappa shape index (κ3) is 4.72. The van der Waals surface area contributed by atoms with E-state index in [0.29, 0.717) is 24.7 Å². The summed E-state index contributed by atoms with van der Waals surface area (Å²) in [4.78, 5) is 0. The zero-order chi connectivity index (χ0) is 15.1. The Bertz CT molecular complexity index is 561. The van der Waals surface area contributed by atoms with E-state index < -0.39 is 13.0 Å². The molecule has 0 spiro atoms. The van der Waals surface area contributed by atoms with Crippen LogP contribution in [0, 0.1) is 0 Å². The first kappa shape index (κ1) is 15.3. The average Bonchev–Trinajstić information content (AvgIpc) is 2.52. The summed E-state index contributed by atoms with van der Waals surface area (Å²) in [6, 6.07) is 14.6. The summed E-state index contributed by atoms with van der Waals surface area (Å²) in [6.07, 6.45) is -2.53. The molecule has 0 heterocycles. The van der Waals surface area contributed by atoms with Crippen LogP contribution < -0.4 is 15.2 Å². The number of benzene rings is 2. The smallest absolute Gasteiger partial charge is 0.272 e. The number of ether oxygens (including phenoxy) is 2. The Morgan fingerprint density at radius 3 is 2.33 bits per heavy atom. The molecule has 0 aliphatic rings. The second-order valence-corrected chi connectivity index (χ2v) is 4.46. The molecule has 0 aliphatic carbocycles. The predicted octanol–water partition coefficient (Wildman–Crippen LogP) is 3.37. The Kier molecular flexibility index (Phi) is 5.51. The molecule has 3 nitrogen and oxygen atoms in total. The molecule has 0 radical (unpaired) electrons. The minimum atomic E-state index is -2.53. The van der Waals surface area contributed by atoms with Gasteiger partial charge in [-0.1, -0.05) is 36.4 Å². The van der Waals surface area contributed by atoms with Crippen molar-refractivity contribution in [3.8, 4) is 11.5 Å². The predicted molar refractivity (Wildman–Crippen MR) is 76.6 cm³/mol. The van der Waals surface area contributed by atoms with Gasteiger partial charge in [-0.2, -0.15) is 0 Å². The molecule has 0 bridgehead atoms. The summed E-state index contributed by atoms with van der Waals surface area (Å²) in [5.41, 5.74) is 7.41. The standard InChI is InChI=1S/C16H17F2NO2/c17-16(18)11-21-14-7-6-13(9-19)8-15(14)20-10-12-4-2-1-3-5-12/h1-8,16H,9-11,19H2. The van der Waals surface area contributed by atoms with E-state index in [1.54, 1.807) is 18.2 Å². The first-order valence-electron chi connectivity index (χ1n) is 6.59. The van der Waals surface area contributed by atoms with Crippen molar-refractivity contribution >= 4 is 0 Å². The van der Waals surface area contributed by atoms with Crippen LogP contribution in [0.2, 0.25) is 0 Å². The molecule has 2 aromatic rings. The molecule has 2 rings (SSSR count). The van der Waals surface area contributed by atoms with Crippen LogP contribution in [-0.2, 0) is 13.2 Å². The summed E-state index contributed by atoms with van der Waals surface area (Å²) < 4.78 is 35.3. The minimum absolute atomic E-state index is 0.295. The first-order valence-corrected chi connectivity index (χ1v) is 6.59. The highest BCUT2D eigenvalue weighted by molar-refractivity contribution is 5.43. The van der Waals surface area contributed by atoms with Crippen LogP contribution in [-0.4, -0.2) is 13.0 Å². The number of halogens is 2. The lowest BCUT2D eigenvalue weighted by molar-refractivity contribution is 0.0798. The van der Waals surface area contributed by atoms with Crippen LogP contribution in [0.1, 0.15) is 11.1 Å². The quantitative estimate of drug-likeness (QED) is 0.851. The second kappa shape index (κ2) is 7.59. The maximum atomic E-state index is 12.3. The van der Waals surface area contributed by atoms with Crippen LogP contribution in [0.25, 0.3) is 0 Å². The van der Waals surface area contributed by atoms with Gasteiger partial charge >= 0.3 is 0 Å². The summed E-state index contributed by atoms with van der Waals surface area (Å²) in [6.45, 7) is 0.0143. The summed E-state index contributed by atoms with van der Waals surface area (Å²) >= 11 is 0. The Hall–Kier alpha value is -2.14. The summed E-state index contributed by atoms with van der Waals surface area (Å²) in [5, 5.41) is 0. The Balaban J connectivity index is 2.10. The van der Waals surface area contributed by atoms with Gasteiger partial charge in [0.25, 0.3) is 6.43 Å². The molecule has 21 heavy (non-hydrogen) atoms. The monoisotopic (exact) mass is 293 g/mol. The molecule has 5 heteroatoms. The van der Waals surface area contributed by atoms with Gasteiger partial charge in [0, 0.05) is 6.54 Å². The fourth-order valence-electron chi connectivity index (χ4n) is 1.80. The molecular formula is C16H17F2NO2. The second-order valence-electron chi connectivity index (χ2n) is 4.46. The van der Waals surface area contributed by atoms with Crippen molar-refractivity contribution in [1.82, 2.24) is 0 Å². The van der Waals surface area contributed by atoms with Gasteiger partial charge in [0.2, 0.25) is 0 Å². The maximum absolute atomic E-state index is 12.3. The largest absolute Gasteiger partial charge is 0.485 e. The molecule has 0 amide bonds. The number of rotatable bonds is 7. The third-order valence-electron chi connectivity index (χ3n) is 2.85. The lowest BCUT2D eigenvalue weighted by Crippen LogP contribution is -2.09. The average molecular weight is 293 g/mol. The Morgan fingerprint density at radius 1 is 0.905 bits per heavy atom. The zero-order valence-corrected chi connectivity index (χ0v) is 11.5. The van der Waals surface area contributed by atoms with Crippen LogP contribution >= 0.6 is 0 Å². The first-order chi connectivity index (χ1) is 10.2. The van der Waals surface area contributed by atoms with Crippen LogP contribution in [0.3, 0.4) is 0 Å². The third-order valence-corrected chi connectivity index (χ3v) is 2.85.